The second kappa shape index (κ2) is 9.17. The van der Waals surface area contributed by atoms with Crippen molar-refractivity contribution in [1.82, 2.24) is 19.6 Å². The molecule has 0 spiro atoms. The highest BCUT2D eigenvalue weighted by atomic mass is 16.5. The van der Waals surface area contributed by atoms with Gasteiger partial charge in [-0.25, -0.2) is 4.68 Å². The lowest BCUT2D eigenvalue weighted by Gasteiger charge is -2.33. The summed E-state index contributed by atoms with van der Waals surface area (Å²) in [6, 6.07) is 13.7. The number of aromatic nitrogens is 2. The number of hydrogen-bond donors (Lipinski definition) is 0. The Hall–Kier alpha value is -3.06. The van der Waals surface area contributed by atoms with Gasteiger partial charge in [0.2, 0.25) is 0 Å². The molecule has 1 aromatic carbocycles. The molecule has 0 atom stereocenters. The Labute approximate surface area is 176 Å². The van der Waals surface area contributed by atoms with Gasteiger partial charge < -0.3 is 14.1 Å². The van der Waals surface area contributed by atoms with Crippen LogP contribution in [0.25, 0.3) is 0 Å². The second-order valence-corrected chi connectivity index (χ2v) is 7.89. The van der Waals surface area contributed by atoms with Crippen molar-refractivity contribution in [3.63, 3.8) is 0 Å². The smallest absolute Gasteiger partial charge is 0.274 e. The lowest BCUT2D eigenvalue weighted by atomic mass is 10.0. The van der Waals surface area contributed by atoms with E-state index in [1.807, 2.05) is 29.2 Å². The highest BCUT2D eigenvalue weighted by molar-refractivity contribution is 5.92. The van der Waals surface area contributed by atoms with E-state index >= 15 is 0 Å². The average Bonchev–Trinajstić information content (AvgIpc) is 3.45. The van der Waals surface area contributed by atoms with Crippen molar-refractivity contribution >= 4 is 5.91 Å². The van der Waals surface area contributed by atoms with Gasteiger partial charge in [-0.2, -0.15) is 5.10 Å². The van der Waals surface area contributed by atoms with Crippen LogP contribution in [-0.4, -0.2) is 51.7 Å². The van der Waals surface area contributed by atoms with Gasteiger partial charge >= 0.3 is 0 Å². The van der Waals surface area contributed by atoms with E-state index in [9.17, 15) is 4.79 Å². The molecular formula is C23H28N4O3. The number of amides is 1. The second-order valence-electron chi connectivity index (χ2n) is 7.89. The molecule has 0 radical (unpaired) electrons. The van der Waals surface area contributed by atoms with Gasteiger partial charge in [-0.05, 0) is 41.8 Å². The molecule has 0 N–H and O–H groups in total. The molecule has 4 rings (SSSR count). The van der Waals surface area contributed by atoms with Gasteiger partial charge in [-0.3, -0.25) is 9.69 Å². The maximum absolute atomic E-state index is 12.8. The third-order valence-electron chi connectivity index (χ3n) is 5.39. The molecule has 1 saturated heterocycles. The number of piperazine rings is 1. The lowest BCUT2D eigenvalue weighted by Crippen LogP contribution is -2.48. The Kier molecular flexibility index (Phi) is 6.18. The zero-order valence-corrected chi connectivity index (χ0v) is 17.5. The number of furan rings is 1. The SMILES string of the molecule is CC(C)c1ccc(OCn2ccc(C(=O)N3CCN(Cc4ccco4)CC3)n2)cc1. The number of hydrogen-bond acceptors (Lipinski definition) is 5. The molecule has 1 aliphatic heterocycles. The molecule has 30 heavy (non-hydrogen) atoms. The first-order chi connectivity index (χ1) is 14.6. The highest BCUT2D eigenvalue weighted by Gasteiger charge is 2.24. The summed E-state index contributed by atoms with van der Waals surface area (Å²) in [5.41, 5.74) is 1.73. The molecule has 1 aliphatic rings. The van der Waals surface area contributed by atoms with Crippen LogP contribution in [0.1, 0.15) is 41.6 Å². The van der Waals surface area contributed by atoms with E-state index in [0.29, 0.717) is 24.7 Å². The number of carbonyl (C=O) groups is 1. The molecular weight excluding hydrogens is 380 g/mol. The summed E-state index contributed by atoms with van der Waals surface area (Å²) in [5, 5.41) is 4.40. The van der Waals surface area contributed by atoms with Crippen LogP contribution in [0.3, 0.4) is 0 Å². The van der Waals surface area contributed by atoms with Crippen LogP contribution in [0.4, 0.5) is 0 Å². The molecule has 7 heteroatoms. The van der Waals surface area contributed by atoms with E-state index in [4.69, 9.17) is 9.15 Å². The van der Waals surface area contributed by atoms with E-state index in [0.717, 1.165) is 31.1 Å². The highest BCUT2D eigenvalue weighted by Crippen LogP contribution is 2.19. The summed E-state index contributed by atoms with van der Waals surface area (Å²) in [5.74, 6) is 2.20. The summed E-state index contributed by atoms with van der Waals surface area (Å²) in [7, 11) is 0. The summed E-state index contributed by atoms with van der Waals surface area (Å²) in [4.78, 5) is 16.9. The number of ether oxygens (including phenoxy) is 1. The van der Waals surface area contributed by atoms with Crippen molar-refractivity contribution in [2.24, 2.45) is 0 Å². The van der Waals surface area contributed by atoms with Gasteiger partial charge in [0.05, 0.1) is 12.8 Å². The van der Waals surface area contributed by atoms with Crippen molar-refractivity contribution in [3.05, 3.63) is 71.9 Å². The molecule has 3 heterocycles. The van der Waals surface area contributed by atoms with Crippen LogP contribution in [0.15, 0.2) is 59.3 Å². The topological polar surface area (TPSA) is 63.7 Å². The molecule has 0 bridgehead atoms. The standard InChI is InChI=1S/C23H28N4O3/c1-18(2)19-5-7-20(8-6-19)30-17-27-10-9-22(24-27)23(28)26-13-11-25(12-14-26)16-21-4-3-15-29-21/h3-10,15,18H,11-14,16-17H2,1-2H3. The Morgan fingerprint density at radius 3 is 2.53 bits per heavy atom. The number of benzene rings is 1. The summed E-state index contributed by atoms with van der Waals surface area (Å²) in [6.45, 7) is 8.39. The number of nitrogens with zero attached hydrogens (tertiary/aromatic N) is 4. The van der Waals surface area contributed by atoms with Crippen LogP contribution < -0.4 is 4.74 Å². The van der Waals surface area contributed by atoms with E-state index in [1.165, 1.54) is 5.56 Å². The van der Waals surface area contributed by atoms with Crippen molar-refractivity contribution in [1.29, 1.82) is 0 Å². The van der Waals surface area contributed by atoms with E-state index < -0.39 is 0 Å². The van der Waals surface area contributed by atoms with Crippen molar-refractivity contribution in [2.45, 2.75) is 33.0 Å². The van der Waals surface area contributed by atoms with Gasteiger partial charge in [0.25, 0.3) is 5.91 Å². The van der Waals surface area contributed by atoms with Gasteiger partial charge in [-0.15, -0.1) is 0 Å². The van der Waals surface area contributed by atoms with E-state index in [1.54, 1.807) is 23.2 Å². The molecule has 2 aromatic heterocycles. The van der Waals surface area contributed by atoms with Gasteiger partial charge in [-0.1, -0.05) is 26.0 Å². The Bertz CT molecular complexity index is 939. The van der Waals surface area contributed by atoms with Crippen molar-refractivity contribution < 1.29 is 13.9 Å². The monoisotopic (exact) mass is 408 g/mol. The molecule has 158 valence electrons. The molecule has 1 fully saturated rings. The summed E-state index contributed by atoms with van der Waals surface area (Å²) < 4.78 is 12.8. The van der Waals surface area contributed by atoms with Crippen molar-refractivity contribution in [2.75, 3.05) is 26.2 Å². The predicted molar refractivity (Wildman–Crippen MR) is 113 cm³/mol. The normalized spacial score (nSPS) is 15.0. The van der Waals surface area contributed by atoms with Gasteiger partial charge in [0.15, 0.2) is 12.4 Å². The van der Waals surface area contributed by atoms with E-state index in [2.05, 4.69) is 36.0 Å². The molecule has 7 nitrogen and oxygen atoms in total. The summed E-state index contributed by atoms with van der Waals surface area (Å²) >= 11 is 0. The fourth-order valence-electron chi connectivity index (χ4n) is 3.53. The lowest BCUT2D eigenvalue weighted by molar-refractivity contribution is 0.0613. The van der Waals surface area contributed by atoms with Crippen LogP contribution in [0.2, 0.25) is 0 Å². The first kappa shape index (κ1) is 20.2. The zero-order valence-electron chi connectivity index (χ0n) is 17.5. The third-order valence-corrected chi connectivity index (χ3v) is 5.39. The van der Waals surface area contributed by atoms with Crippen LogP contribution in [0, 0.1) is 0 Å². The number of rotatable bonds is 7. The number of carbonyl (C=O) groups excluding carboxylic acids is 1. The van der Waals surface area contributed by atoms with E-state index in [-0.39, 0.29) is 12.6 Å². The Morgan fingerprint density at radius 1 is 1.10 bits per heavy atom. The maximum atomic E-state index is 12.8. The molecule has 3 aromatic rings. The fourth-order valence-corrected chi connectivity index (χ4v) is 3.53. The Balaban J connectivity index is 1.26. The predicted octanol–water partition coefficient (Wildman–Crippen LogP) is 3.59. The summed E-state index contributed by atoms with van der Waals surface area (Å²) in [6.07, 6.45) is 3.47. The first-order valence-electron chi connectivity index (χ1n) is 10.4. The van der Waals surface area contributed by atoms with Gasteiger partial charge in [0.1, 0.15) is 11.5 Å². The zero-order chi connectivity index (χ0) is 20.9. The molecule has 0 unspecified atom stereocenters. The molecule has 1 amide bonds. The molecule has 0 aliphatic carbocycles. The van der Waals surface area contributed by atoms with Crippen LogP contribution in [0.5, 0.6) is 5.75 Å². The first-order valence-corrected chi connectivity index (χ1v) is 10.4. The minimum Gasteiger partial charge on any atom is -0.471 e. The Morgan fingerprint density at radius 2 is 1.87 bits per heavy atom. The van der Waals surface area contributed by atoms with Gasteiger partial charge in [0, 0.05) is 32.4 Å². The van der Waals surface area contributed by atoms with Crippen LogP contribution in [-0.2, 0) is 13.3 Å². The molecule has 0 saturated carbocycles. The minimum atomic E-state index is -0.0346. The van der Waals surface area contributed by atoms with Crippen LogP contribution >= 0.6 is 0 Å². The minimum absolute atomic E-state index is 0.0346. The van der Waals surface area contributed by atoms with Crippen molar-refractivity contribution in [3.8, 4) is 5.75 Å². The fraction of sp³-hybridized carbons (Fsp3) is 0.391. The largest absolute Gasteiger partial charge is 0.471 e. The quantitative estimate of drug-likeness (QED) is 0.598. The third kappa shape index (κ3) is 4.91. The average molecular weight is 409 g/mol. The maximum Gasteiger partial charge on any atom is 0.274 e.